The molecule has 49 heavy (non-hydrogen) atoms. The maximum Gasteiger partial charge on any atom is 0.340 e. The molecule has 4 aromatic carbocycles. The van der Waals surface area contributed by atoms with Crippen molar-refractivity contribution in [1.82, 2.24) is 9.13 Å². The van der Waals surface area contributed by atoms with E-state index in [-0.39, 0.29) is 12.2 Å². The molecule has 0 saturated carbocycles. The number of benzene rings is 4. The number of methoxy groups -OCH3 is 3. The van der Waals surface area contributed by atoms with Gasteiger partial charge in [0.15, 0.2) is 6.23 Å². The van der Waals surface area contributed by atoms with Crippen LogP contribution in [-0.4, -0.2) is 66.4 Å². The first-order valence-corrected chi connectivity index (χ1v) is 15.6. The van der Waals surface area contributed by atoms with Gasteiger partial charge in [-0.05, 0) is 53.1 Å². The second kappa shape index (κ2) is 14.4. The molecule has 0 unspecified atom stereocenters. The fourth-order valence-corrected chi connectivity index (χ4v) is 6.20. The van der Waals surface area contributed by atoms with Crippen LogP contribution in [0.3, 0.4) is 0 Å². The molecule has 11 heteroatoms. The molecule has 1 saturated heterocycles. The summed E-state index contributed by atoms with van der Waals surface area (Å²) >= 11 is 0. The van der Waals surface area contributed by atoms with E-state index in [0.29, 0.717) is 16.1 Å². The number of hydrogen-bond donors (Lipinski definition) is 1. The molecule has 0 radical (unpaired) electrons. The van der Waals surface area contributed by atoms with Crippen molar-refractivity contribution in [2.75, 3.05) is 27.9 Å². The van der Waals surface area contributed by atoms with Gasteiger partial charge in [0.05, 0.1) is 20.8 Å². The van der Waals surface area contributed by atoms with Crippen LogP contribution in [-0.2, 0) is 19.8 Å². The molecule has 4 atom stereocenters. The summed E-state index contributed by atoms with van der Waals surface area (Å²) in [7, 11) is 4.57. The van der Waals surface area contributed by atoms with E-state index >= 15 is 0 Å². The predicted molar refractivity (Wildman–Crippen MR) is 180 cm³/mol. The Morgan fingerprint density at radius 1 is 0.755 bits per heavy atom. The number of rotatable bonds is 11. The van der Waals surface area contributed by atoms with Crippen LogP contribution in [0.15, 0.2) is 131 Å². The molecule has 1 N–H and O–H groups in total. The lowest BCUT2D eigenvalue weighted by molar-refractivity contribution is -0.0968. The minimum absolute atomic E-state index is 0.151. The molecule has 0 aliphatic carbocycles. The molecule has 0 amide bonds. The molecule has 1 aromatic heterocycles. The summed E-state index contributed by atoms with van der Waals surface area (Å²) in [5.74, 6) is 0.542. The monoisotopic (exact) mass is 664 g/mol. The summed E-state index contributed by atoms with van der Waals surface area (Å²) in [6.45, 7) is -0.151. The summed E-state index contributed by atoms with van der Waals surface area (Å²) in [6.07, 6.45) is -3.25. The molecular weight excluding hydrogens is 628 g/mol. The molecule has 252 valence electrons. The van der Waals surface area contributed by atoms with Crippen LogP contribution in [0, 0.1) is 0 Å². The Labute approximate surface area is 282 Å². The zero-order valence-electron chi connectivity index (χ0n) is 27.2. The predicted octanol–water partition coefficient (Wildman–Crippen LogP) is 4.00. The van der Waals surface area contributed by atoms with Gasteiger partial charge in [0, 0.05) is 24.9 Å². The zero-order valence-corrected chi connectivity index (χ0v) is 27.2. The Morgan fingerprint density at radius 2 is 1.29 bits per heavy atom. The molecule has 0 bridgehead atoms. The van der Waals surface area contributed by atoms with Crippen LogP contribution in [0.25, 0.3) is 0 Å². The molecule has 11 nitrogen and oxygen atoms in total. The van der Waals surface area contributed by atoms with E-state index in [1.165, 1.54) is 25.4 Å². The first-order valence-electron chi connectivity index (χ1n) is 15.6. The number of aliphatic hydroxyl groups is 1. The molecule has 6 rings (SSSR count). The van der Waals surface area contributed by atoms with E-state index in [4.69, 9.17) is 23.7 Å². The molecule has 2 heterocycles. The smallest absolute Gasteiger partial charge is 0.340 e. The largest absolute Gasteiger partial charge is 0.497 e. The number of nitrogens with zero attached hydrogens (tertiary/aromatic N) is 2. The maximum atomic E-state index is 13.7. The van der Waals surface area contributed by atoms with E-state index in [9.17, 15) is 19.5 Å². The van der Waals surface area contributed by atoms with Gasteiger partial charge in [0.25, 0.3) is 11.5 Å². The average Bonchev–Trinajstić information content (AvgIpc) is 3.47. The number of aromatic nitrogens is 2. The summed E-state index contributed by atoms with van der Waals surface area (Å²) in [5, 5.41) is 11.5. The summed E-state index contributed by atoms with van der Waals surface area (Å²) < 4.78 is 31.3. The second-order valence-corrected chi connectivity index (χ2v) is 11.4. The minimum Gasteiger partial charge on any atom is -0.497 e. The van der Waals surface area contributed by atoms with Crippen molar-refractivity contribution < 1.29 is 33.6 Å². The average molecular weight is 665 g/mol. The zero-order chi connectivity index (χ0) is 34.5. The van der Waals surface area contributed by atoms with Gasteiger partial charge < -0.3 is 28.8 Å². The number of ether oxygens (including phenoxy) is 5. The highest BCUT2D eigenvalue weighted by Gasteiger charge is 2.48. The van der Waals surface area contributed by atoms with Crippen molar-refractivity contribution in [1.29, 1.82) is 0 Å². The fourth-order valence-electron chi connectivity index (χ4n) is 6.20. The van der Waals surface area contributed by atoms with Gasteiger partial charge in [-0.1, -0.05) is 72.8 Å². The quantitative estimate of drug-likeness (QED) is 0.209. The number of aliphatic hydroxyl groups excluding tert-OH is 1. The van der Waals surface area contributed by atoms with E-state index in [1.54, 1.807) is 32.4 Å². The SMILES string of the molecule is COc1ccc(C(OC[C@H]2O[C@@H](n3ccc(=O)n(C(=O)c4ccccc4)c3=O)[C@H](OC)[C@@H]2O)(c2ccccc2)c2ccc(OC)cc2)cc1. The van der Waals surface area contributed by atoms with E-state index < -0.39 is 47.3 Å². The van der Waals surface area contributed by atoms with Crippen molar-refractivity contribution in [3.63, 3.8) is 0 Å². The van der Waals surface area contributed by atoms with Gasteiger partial charge >= 0.3 is 5.69 Å². The molecule has 1 fully saturated rings. The first kappa shape index (κ1) is 33.6. The number of hydrogen-bond acceptors (Lipinski definition) is 9. The molecular formula is C38H36N2O9. The van der Waals surface area contributed by atoms with Crippen molar-refractivity contribution in [3.8, 4) is 11.5 Å². The summed E-state index contributed by atoms with van der Waals surface area (Å²) in [6, 6.07) is 33.8. The molecule has 1 aliphatic rings. The van der Waals surface area contributed by atoms with Crippen LogP contribution in [0.1, 0.15) is 33.3 Å². The lowest BCUT2D eigenvalue weighted by Gasteiger charge is -2.37. The van der Waals surface area contributed by atoms with Crippen LogP contribution in [0.5, 0.6) is 11.5 Å². The van der Waals surface area contributed by atoms with Crippen LogP contribution < -0.4 is 20.7 Å². The number of carbonyl (C=O) groups is 1. The van der Waals surface area contributed by atoms with E-state index in [2.05, 4.69) is 0 Å². The molecule has 0 spiro atoms. The molecule has 1 aliphatic heterocycles. The van der Waals surface area contributed by atoms with E-state index in [1.807, 2.05) is 78.9 Å². The third-order valence-electron chi connectivity index (χ3n) is 8.73. The van der Waals surface area contributed by atoms with Crippen molar-refractivity contribution >= 4 is 5.91 Å². The normalized spacial score (nSPS) is 19.0. The van der Waals surface area contributed by atoms with Gasteiger partial charge in [0.1, 0.15) is 35.4 Å². The van der Waals surface area contributed by atoms with Crippen LogP contribution >= 0.6 is 0 Å². The van der Waals surface area contributed by atoms with Gasteiger partial charge in [0.2, 0.25) is 0 Å². The lowest BCUT2D eigenvalue weighted by atomic mass is 9.80. The van der Waals surface area contributed by atoms with Crippen LogP contribution in [0.2, 0.25) is 0 Å². The van der Waals surface area contributed by atoms with Gasteiger partial charge in [-0.25, -0.2) is 4.79 Å². The Kier molecular flexibility index (Phi) is 9.88. The fraction of sp³-hybridized carbons (Fsp3) is 0.237. The Hall–Kier alpha value is -5.33. The topological polar surface area (TPSA) is 127 Å². The summed E-state index contributed by atoms with van der Waals surface area (Å²) in [5.41, 5.74) is -0.405. The Bertz CT molecular complexity index is 1940. The van der Waals surface area contributed by atoms with Gasteiger partial charge in [-0.3, -0.25) is 14.2 Å². The standard InChI is InChI=1S/C38H36N2O9/c1-45-29-18-14-27(15-19-29)38(26-12-8-5-9-13-26,28-16-20-30(46-2)21-17-28)48-24-31-33(42)34(47-3)36(49-31)39-23-22-32(41)40(37(39)44)35(43)25-10-6-4-7-11-25/h4-23,31,33-34,36,42H,24H2,1-3H3/t31-,33-,34-,36-/m1/s1. The number of carbonyl (C=O) groups excluding carboxylic acids is 1. The van der Waals surface area contributed by atoms with E-state index in [0.717, 1.165) is 27.3 Å². The molecule has 5 aromatic rings. The van der Waals surface area contributed by atoms with Crippen molar-refractivity contribution in [2.24, 2.45) is 0 Å². The first-order chi connectivity index (χ1) is 23.8. The highest BCUT2D eigenvalue weighted by atomic mass is 16.6. The second-order valence-electron chi connectivity index (χ2n) is 11.4. The minimum atomic E-state index is -1.26. The summed E-state index contributed by atoms with van der Waals surface area (Å²) in [4.78, 5) is 39.7. The van der Waals surface area contributed by atoms with Crippen molar-refractivity contribution in [3.05, 3.63) is 165 Å². The Balaban J connectivity index is 1.39. The van der Waals surface area contributed by atoms with Crippen molar-refractivity contribution in [2.45, 2.75) is 30.1 Å². The highest BCUT2D eigenvalue weighted by Crippen LogP contribution is 2.43. The Morgan fingerprint density at radius 3 is 1.82 bits per heavy atom. The van der Waals surface area contributed by atoms with Crippen LogP contribution in [0.4, 0.5) is 0 Å². The maximum absolute atomic E-state index is 13.7. The third kappa shape index (κ3) is 6.32. The highest BCUT2D eigenvalue weighted by molar-refractivity contribution is 5.95. The van der Waals surface area contributed by atoms with Gasteiger partial charge in [-0.2, -0.15) is 4.57 Å². The lowest BCUT2D eigenvalue weighted by Crippen LogP contribution is -2.46. The third-order valence-corrected chi connectivity index (χ3v) is 8.73. The van der Waals surface area contributed by atoms with Gasteiger partial charge in [-0.15, -0.1) is 0 Å².